The number of nitro groups is 1. The minimum atomic E-state index is -1.50. The van der Waals surface area contributed by atoms with Crippen molar-refractivity contribution in [1.82, 2.24) is 0 Å². The molecule has 0 spiro atoms. The number of hydrogen-bond donors (Lipinski definition) is 1. The van der Waals surface area contributed by atoms with Crippen molar-refractivity contribution in [2.45, 2.75) is 32.3 Å². The molecule has 1 unspecified atom stereocenters. The Kier molecular flexibility index (Phi) is 4.93. The van der Waals surface area contributed by atoms with Gasteiger partial charge in [0.15, 0.2) is 0 Å². The van der Waals surface area contributed by atoms with Gasteiger partial charge in [0.05, 0.1) is 18.5 Å². The molecule has 86 valence electrons. The van der Waals surface area contributed by atoms with Crippen molar-refractivity contribution in [2.75, 3.05) is 7.11 Å². The minimum absolute atomic E-state index is 0.139. The van der Waals surface area contributed by atoms with Crippen molar-refractivity contribution >= 4 is 5.97 Å². The van der Waals surface area contributed by atoms with Crippen LogP contribution in [-0.4, -0.2) is 28.7 Å². The predicted molar refractivity (Wildman–Crippen MR) is 52.6 cm³/mol. The SMILES string of the molecule is CCC(O)(CC(=O)OC)/C(C)=C/[N+](=O)[O-]. The highest BCUT2D eigenvalue weighted by Crippen LogP contribution is 2.25. The number of carbonyl (C=O) groups excluding carboxylic acids is 1. The van der Waals surface area contributed by atoms with Crippen molar-refractivity contribution in [2.24, 2.45) is 0 Å². The molecule has 0 aromatic carbocycles. The molecule has 15 heavy (non-hydrogen) atoms. The van der Waals surface area contributed by atoms with E-state index in [0.717, 1.165) is 0 Å². The van der Waals surface area contributed by atoms with Crippen LogP contribution < -0.4 is 0 Å². The lowest BCUT2D eigenvalue weighted by molar-refractivity contribution is -0.404. The van der Waals surface area contributed by atoms with Crippen LogP contribution in [0.15, 0.2) is 11.8 Å². The summed E-state index contributed by atoms with van der Waals surface area (Å²) in [7, 11) is 1.20. The molecule has 0 fully saturated rings. The molecule has 0 aliphatic heterocycles. The maximum Gasteiger partial charge on any atom is 0.308 e. The second-order valence-corrected chi connectivity index (χ2v) is 3.24. The van der Waals surface area contributed by atoms with Gasteiger partial charge >= 0.3 is 5.97 Å². The third kappa shape index (κ3) is 4.07. The van der Waals surface area contributed by atoms with Gasteiger partial charge in [-0.15, -0.1) is 0 Å². The third-order valence-corrected chi connectivity index (χ3v) is 2.28. The molecule has 1 atom stereocenters. The second-order valence-electron chi connectivity index (χ2n) is 3.24. The summed E-state index contributed by atoms with van der Waals surface area (Å²) in [5, 5.41) is 20.2. The van der Waals surface area contributed by atoms with Crippen LogP contribution in [0.1, 0.15) is 26.7 Å². The van der Waals surface area contributed by atoms with Gasteiger partial charge < -0.3 is 9.84 Å². The molecular formula is C9H15NO5. The molecule has 0 rings (SSSR count). The van der Waals surface area contributed by atoms with Crippen molar-refractivity contribution in [3.63, 3.8) is 0 Å². The number of ether oxygens (including phenoxy) is 1. The highest BCUT2D eigenvalue weighted by Gasteiger charge is 2.32. The lowest BCUT2D eigenvalue weighted by Gasteiger charge is -2.24. The highest BCUT2D eigenvalue weighted by atomic mass is 16.6. The normalized spacial score (nSPS) is 15.6. The molecule has 0 saturated heterocycles. The largest absolute Gasteiger partial charge is 0.469 e. The Morgan fingerprint density at radius 1 is 1.67 bits per heavy atom. The molecule has 0 aliphatic rings. The zero-order valence-corrected chi connectivity index (χ0v) is 9.02. The molecule has 0 aromatic rings. The van der Waals surface area contributed by atoms with E-state index in [-0.39, 0.29) is 18.4 Å². The summed E-state index contributed by atoms with van der Waals surface area (Å²) in [6.45, 7) is 3.05. The quantitative estimate of drug-likeness (QED) is 0.419. The molecule has 0 saturated carbocycles. The van der Waals surface area contributed by atoms with E-state index in [1.807, 2.05) is 0 Å². The average Bonchev–Trinajstić information content (AvgIpc) is 2.16. The number of esters is 1. The summed E-state index contributed by atoms with van der Waals surface area (Å²) in [5.74, 6) is -0.601. The van der Waals surface area contributed by atoms with Crippen LogP contribution in [0.5, 0.6) is 0 Å². The molecule has 0 aromatic heterocycles. The Balaban J connectivity index is 4.84. The number of hydrogen-bond acceptors (Lipinski definition) is 5. The van der Waals surface area contributed by atoms with Gasteiger partial charge in [-0.3, -0.25) is 14.9 Å². The zero-order chi connectivity index (χ0) is 12.1. The van der Waals surface area contributed by atoms with E-state index in [9.17, 15) is 20.0 Å². The van der Waals surface area contributed by atoms with Crippen LogP contribution in [0, 0.1) is 10.1 Å². The van der Waals surface area contributed by atoms with Crippen molar-refractivity contribution < 1.29 is 19.6 Å². The van der Waals surface area contributed by atoms with Crippen LogP contribution in [0.4, 0.5) is 0 Å². The summed E-state index contributed by atoms with van der Waals surface area (Å²) in [6, 6.07) is 0. The average molecular weight is 217 g/mol. The van der Waals surface area contributed by atoms with Crippen LogP contribution in [-0.2, 0) is 9.53 Å². The molecule has 6 nitrogen and oxygen atoms in total. The lowest BCUT2D eigenvalue weighted by Crippen LogP contribution is -2.33. The molecule has 6 heteroatoms. The van der Waals surface area contributed by atoms with Crippen LogP contribution in [0.2, 0.25) is 0 Å². The second kappa shape index (κ2) is 5.45. The van der Waals surface area contributed by atoms with Gasteiger partial charge in [0, 0.05) is 5.57 Å². The maximum absolute atomic E-state index is 11.0. The fraction of sp³-hybridized carbons (Fsp3) is 0.667. The maximum atomic E-state index is 11.0. The van der Waals surface area contributed by atoms with Gasteiger partial charge in [0.2, 0.25) is 6.20 Å². The van der Waals surface area contributed by atoms with Gasteiger partial charge in [0.1, 0.15) is 5.60 Å². The smallest absolute Gasteiger partial charge is 0.308 e. The molecular weight excluding hydrogens is 202 g/mol. The van der Waals surface area contributed by atoms with Crippen LogP contribution in [0.25, 0.3) is 0 Å². The summed E-state index contributed by atoms with van der Waals surface area (Å²) in [4.78, 5) is 20.6. The van der Waals surface area contributed by atoms with Crippen LogP contribution in [0.3, 0.4) is 0 Å². The van der Waals surface area contributed by atoms with E-state index < -0.39 is 16.5 Å². The summed E-state index contributed by atoms with van der Waals surface area (Å²) < 4.78 is 4.41. The standard InChI is InChI=1S/C9H15NO5/c1-4-9(12,5-8(11)15-3)7(2)6-10(13)14/h6,12H,4-5H2,1-3H3/b7-6+. The molecule has 0 heterocycles. The van der Waals surface area contributed by atoms with Crippen LogP contribution >= 0.6 is 0 Å². The summed E-state index contributed by atoms with van der Waals surface area (Å²) in [5.41, 5.74) is -1.36. The first kappa shape index (κ1) is 13.6. The monoisotopic (exact) mass is 217 g/mol. The molecule has 1 N–H and O–H groups in total. The first-order valence-corrected chi connectivity index (χ1v) is 4.47. The lowest BCUT2D eigenvalue weighted by atomic mass is 9.89. The number of nitrogens with zero attached hydrogens (tertiary/aromatic N) is 1. The van der Waals surface area contributed by atoms with E-state index in [4.69, 9.17) is 0 Å². The number of aliphatic hydroxyl groups is 1. The number of methoxy groups -OCH3 is 1. The Labute approximate surface area is 87.7 Å². The highest BCUT2D eigenvalue weighted by molar-refractivity contribution is 5.71. The predicted octanol–water partition coefficient (Wildman–Crippen LogP) is 0.871. The molecule has 0 bridgehead atoms. The van der Waals surface area contributed by atoms with Gasteiger partial charge in [-0.1, -0.05) is 6.92 Å². The molecule has 0 aliphatic carbocycles. The number of carbonyl (C=O) groups is 1. The fourth-order valence-electron chi connectivity index (χ4n) is 1.13. The number of rotatable bonds is 5. The Morgan fingerprint density at radius 2 is 2.20 bits per heavy atom. The summed E-state index contributed by atoms with van der Waals surface area (Å²) in [6.07, 6.45) is 0.626. The first-order valence-electron chi connectivity index (χ1n) is 4.47. The first-order chi connectivity index (χ1) is 6.85. The third-order valence-electron chi connectivity index (χ3n) is 2.28. The van der Waals surface area contributed by atoms with E-state index in [2.05, 4.69) is 4.74 Å². The Morgan fingerprint density at radius 3 is 2.53 bits per heavy atom. The zero-order valence-electron chi connectivity index (χ0n) is 9.02. The topological polar surface area (TPSA) is 89.7 Å². The molecule has 0 amide bonds. The van der Waals surface area contributed by atoms with Gasteiger partial charge in [-0.2, -0.15) is 0 Å². The van der Waals surface area contributed by atoms with E-state index in [0.29, 0.717) is 6.20 Å². The fourth-order valence-corrected chi connectivity index (χ4v) is 1.13. The van der Waals surface area contributed by atoms with Crippen molar-refractivity contribution in [3.8, 4) is 0 Å². The van der Waals surface area contributed by atoms with E-state index >= 15 is 0 Å². The van der Waals surface area contributed by atoms with E-state index in [1.54, 1.807) is 6.92 Å². The van der Waals surface area contributed by atoms with E-state index in [1.165, 1.54) is 14.0 Å². The van der Waals surface area contributed by atoms with Crippen molar-refractivity contribution in [1.29, 1.82) is 0 Å². The minimum Gasteiger partial charge on any atom is -0.469 e. The van der Waals surface area contributed by atoms with Gasteiger partial charge in [0.25, 0.3) is 0 Å². The summed E-state index contributed by atoms with van der Waals surface area (Å²) >= 11 is 0. The van der Waals surface area contributed by atoms with Crippen molar-refractivity contribution in [3.05, 3.63) is 21.9 Å². The Bertz CT molecular complexity index is 286. The molecule has 0 radical (unpaired) electrons. The van der Waals surface area contributed by atoms with Gasteiger partial charge in [-0.05, 0) is 13.3 Å². The Hall–Kier alpha value is -1.43. The van der Waals surface area contributed by atoms with Gasteiger partial charge in [-0.25, -0.2) is 0 Å².